The van der Waals surface area contributed by atoms with Gasteiger partial charge in [0.25, 0.3) is 0 Å². The van der Waals surface area contributed by atoms with Gasteiger partial charge in [-0.05, 0) is 69.0 Å². The highest BCUT2D eigenvalue weighted by Gasteiger charge is 2.74. The summed E-state index contributed by atoms with van der Waals surface area (Å²) < 4.78 is 11.9. The lowest BCUT2D eigenvalue weighted by Crippen LogP contribution is -2.53. The van der Waals surface area contributed by atoms with Gasteiger partial charge in [0, 0.05) is 18.8 Å². The zero-order chi connectivity index (χ0) is 26.9. The van der Waals surface area contributed by atoms with Gasteiger partial charge >= 0.3 is 0 Å². The third-order valence-electron chi connectivity index (χ3n) is 7.72. The van der Waals surface area contributed by atoms with E-state index in [9.17, 15) is 19.5 Å². The quantitative estimate of drug-likeness (QED) is 0.397. The molecule has 38 heavy (non-hydrogen) atoms. The van der Waals surface area contributed by atoms with Crippen molar-refractivity contribution in [2.24, 2.45) is 11.8 Å². The molecule has 3 aliphatic heterocycles. The van der Waals surface area contributed by atoms with Gasteiger partial charge in [0.05, 0.1) is 35.3 Å². The van der Waals surface area contributed by atoms with Gasteiger partial charge in [-0.15, -0.1) is 0 Å². The number of halogens is 1. The lowest BCUT2D eigenvalue weighted by atomic mass is 9.70. The van der Waals surface area contributed by atoms with E-state index in [-0.39, 0.29) is 25.0 Å². The van der Waals surface area contributed by atoms with Gasteiger partial charge < -0.3 is 30.1 Å². The molecule has 0 aromatic heterocycles. The minimum atomic E-state index is -1.10. The summed E-state index contributed by atoms with van der Waals surface area (Å²) in [6.45, 7) is 2.70. The van der Waals surface area contributed by atoms with Crippen molar-refractivity contribution in [1.82, 2.24) is 4.90 Å². The van der Waals surface area contributed by atoms with Gasteiger partial charge in [-0.1, -0.05) is 23.7 Å². The van der Waals surface area contributed by atoms with Crippen molar-refractivity contribution < 1.29 is 29.0 Å². The second-order valence-corrected chi connectivity index (χ2v) is 10.3. The molecule has 2 bridgehead atoms. The van der Waals surface area contributed by atoms with Crippen LogP contribution in [0.4, 0.5) is 11.4 Å². The second kappa shape index (κ2) is 10.9. The Hall–Kier alpha value is -3.14. The number of para-hydroxylation sites is 1. The van der Waals surface area contributed by atoms with Crippen LogP contribution in [0, 0.1) is 11.8 Å². The minimum Gasteiger partial charge on any atom is -0.494 e. The van der Waals surface area contributed by atoms with Gasteiger partial charge in [-0.2, -0.15) is 0 Å². The van der Waals surface area contributed by atoms with Gasteiger partial charge in [0.15, 0.2) is 0 Å². The van der Waals surface area contributed by atoms with E-state index in [0.717, 1.165) is 0 Å². The fourth-order valence-electron chi connectivity index (χ4n) is 6.18. The van der Waals surface area contributed by atoms with Crippen LogP contribution in [0.15, 0.2) is 48.5 Å². The molecule has 1 spiro atoms. The van der Waals surface area contributed by atoms with Crippen molar-refractivity contribution in [3.05, 3.63) is 53.6 Å². The number of amides is 3. The smallest absolute Gasteiger partial charge is 0.250 e. The highest BCUT2D eigenvalue weighted by atomic mass is 35.5. The number of hydrogen-bond acceptors (Lipinski definition) is 6. The summed E-state index contributed by atoms with van der Waals surface area (Å²) in [6.07, 6.45) is 1.63. The maximum absolute atomic E-state index is 13.9. The van der Waals surface area contributed by atoms with Crippen molar-refractivity contribution in [1.29, 1.82) is 0 Å². The molecule has 10 heteroatoms. The van der Waals surface area contributed by atoms with Crippen molar-refractivity contribution >= 4 is 40.7 Å². The van der Waals surface area contributed by atoms with E-state index in [1.54, 1.807) is 48.5 Å². The topological polar surface area (TPSA) is 117 Å². The summed E-state index contributed by atoms with van der Waals surface area (Å²) in [4.78, 5) is 42.7. The monoisotopic (exact) mass is 541 g/mol. The first kappa shape index (κ1) is 26.5. The van der Waals surface area contributed by atoms with Crippen LogP contribution >= 0.6 is 11.6 Å². The fourth-order valence-corrected chi connectivity index (χ4v) is 6.36. The first-order valence-corrected chi connectivity index (χ1v) is 13.5. The van der Waals surface area contributed by atoms with Crippen molar-refractivity contribution in [3.63, 3.8) is 0 Å². The standard InChI is InChI=1S/C28H32ClN3O6/c1-2-37-18-11-9-17(10-12-18)30-25(34)22-21-13-14-28(38-21)23(22)27(36)32(15-5-6-16-33)24(28)26(35)31-20-8-4-3-7-19(20)29/h3-4,7-12,21-24,33H,2,5-6,13-16H2,1H3,(H,30,34)(H,31,35)/t21-,22+,23-,24?,28?/m0/s1. The van der Waals surface area contributed by atoms with Gasteiger partial charge in [-0.25, -0.2) is 0 Å². The van der Waals surface area contributed by atoms with E-state index in [4.69, 9.17) is 21.1 Å². The molecule has 3 N–H and O–H groups in total. The molecule has 3 heterocycles. The molecule has 202 valence electrons. The van der Waals surface area contributed by atoms with Crippen LogP contribution < -0.4 is 15.4 Å². The number of benzene rings is 2. The number of anilines is 2. The predicted molar refractivity (Wildman–Crippen MR) is 142 cm³/mol. The van der Waals surface area contributed by atoms with Crippen molar-refractivity contribution in [3.8, 4) is 5.75 Å². The Labute approximate surface area is 226 Å². The summed E-state index contributed by atoms with van der Waals surface area (Å²) in [5.74, 6) is -1.77. The lowest BCUT2D eigenvalue weighted by Gasteiger charge is -2.33. The minimum absolute atomic E-state index is 0.0151. The Morgan fingerprint density at radius 3 is 2.61 bits per heavy atom. The number of rotatable bonds is 10. The number of aliphatic hydroxyl groups excluding tert-OH is 1. The van der Waals surface area contributed by atoms with Crippen LogP contribution in [-0.4, -0.2) is 65.2 Å². The Morgan fingerprint density at radius 2 is 1.89 bits per heavy atom. The number of hydrogen-bond donors (Lipinski definition) is 3. The average molecular weight is 542 g/mol. The number of nitrogens with zero attached hydrogens (tertiary/aromatic N) is 1. The SMILES string of the molecule is CCOc1ccc(NC(=O)[C@@H]2[C@@H]3CCC4(O3)C(C(=O)Nc3ccccc3Cl)N(CCCCO)C(=O)[C@H]24)cc1. The Balaban J connectivity index is 1.41. The van der Waals surface area contributed by atoms with Crippen LogP contribution in [0.25, 0.3) is 0 Å². The van der Waals surface area contributed by atoms with Crippen LogP contribution in [-0.2, 0) is 19.1 Å². The predicted octanol–water partition coefficient (Wildman–Crippen LogP) is 3.46. The second-order valence-electron chi connectivity index (χ2n) is 9.93. The molecule has 2 aromatic carbocycles. The number of nitrogens with one attached hydrogen (secondary N) is 2. The maximum Gasteiger partial charge on any atom is 0.250 e. The molecule has 9 nitrogen and oxygen atoms in total. The largest absolute Gasteiger partial charge is 0.494 e. The summed E-state index contributed by atoms with van der Waals surface area (Å²) in [5, 5.41) is 15.5. The van der Waals surface area contributed by atoms with Crippen molar-refractivity contribution in [2.75, 3.05) is 30.4 Å². The summed E-state index contributed by atoms with van der Waals surface area (Å²) in [7, 11) is 0. The Morgan fingerprint density at radius 1 is 1.13 bits per heavy atom. The first-order chi connectivity index (χ1) is 18.4. The molecule has 0 saturated carbocycles. The van der Waals surface area contributed by atoms with E-state index < -0.39 is 35.5 Å². The van der Waals surface area contributed by atoms with E-state index in [1.165, 1.54) is 4.90 Å². The number of fused-ring (bicyclic) bond motifs is 1. The Kier molecular flexibility index (Phi) is 7.61. The molecule has 5 atom stereocenters. The molecular formula is C28H32ClN3O6. The van der Waals surface area contributed by atoms with Gasteiger partial charge in [0.1, 0.15) is 17.4 Å². The molecule has 0 aliphatic carbocycles. The third-order valence-corrected chi connectivity index (χ3v) is 8.05. The summed E-state index contributed by atoms with van der Waals surface area (Å²) in [5.41, 5.74) is -0.0692. The molecule has 3 amide bonds. The van der Waals surface area contributed by atoms with Crippen molar-refractivity contribution in [2.45, 2.75) is 50.4 Å². The summed E-state index contributed by atoms with van der Waals surface area (Å²) in [6, 6.07) is 13.0. The molecule has 2 aromatic rings. The normalized spacial score (nSPS) is 27.3. The number of ether oxygens (including phenoxy) is 2. The molecular weight excluding hydrogens is 510 g/mol. The van der Waals surface area contributed by atoms with Gasteiger partial charge in [-0.3, -0.25) is 14.4 Å². The average Bonchev–Trinajstić information content (AvgIpc) is 3.54. The lowest BCUT2D eigenvalue weighted by molar-refractivity contribution is -0.139. The molecule has 3 saturated heterocycles. The number of aliphatic hydroxyl groups is 1. The van der Waals surface area contributed by atoms with Crippen LogP contribution in [0.3, 0.4) is 0 Å². The molecule has 3 fully saturated rings. The molecule has 5 rings (SSSR count). The number of carbonyl (C=O) groups is 3. The number of unbranched alkanes of at least 4 members (excludes halogenated alkanes) is 1. The van der Waals surface area contributed by atoms with E-state index in [1.807, 2.05) is 6.92 Å². The third kappa shape index (κ3) is 4.63. The van der Waals surface area contributed by atoms with E-state index >= 15 is 0 Å². The van der Waals surface area contributed by atoms with Gasteiger partial charge in [0.2, 0.25) is 17.7 Å². The zero-order valence-corrected chi connectivity index (χ0v) is 21.9. The van der Waals surface area contributed by atoms with Crippen LogP contribution in [0.1, 0.15) is 32.6 Å². The van der Waals surface area contributed by atoms with E-state index in [0.29, 0.717) is 54.4 Å². The summed E-state index contributed by atoms with van der Waals surface area (Å²) >= 11 is 6.28. The molecule has 0 radical (unpaired) electrons. The van der Waals surface area contributed by atoms with Crippen LogP contribution in [0.5, 0.6) is 5.75 Å². The first-order valence-electron chi connectivity index (χ1n) is 13.1. The Bertz CT molecular complexity index is 1210. The highest BCUT2D eigenvalue weighted by Crippen LogP contribution is 2.58. The maximum atomic E-state index is 13.9. The number of likely N-dealkylation sites (tertiary alicyclic amines) is 1. The zero-order valence-electron chi connectivity index (χ0n) is 21.2. The molecule has 2 unspecified atom stereocenters. The molecule has 3 aliphatic rings. The number of carbonyl (C=O) groups excluding carboxylic acids is 3. The highest BCUT2D eigenvalue weighted by molar-refractivity contribution is 6.33. The van der Waals surface area contributed by atoms with Crippen LogP contribution in [0.2, 0.25) is 5.02 Å². The van der Waals surface area contributed by atoms with E-state index in [2.05, 4.69) is 10.6 Å². The fraction of sp³-hybridized carbons (Fsp3) is 0.464.